The number of nitrogens with zero attached hydrogens (tertiary/aromatic N) is 2. The summed E-state index contributed by atoms with van der Waals surface area (Å²) in [4.78, 5) is 15.3. The number of hydrogen-bond donors (Lipinski definition) is 2. The van der Waals surface area contributed by atoms with E-state index in [0.717, 1.165) is 16.4 Å². The van der Waals surface area contributed by atoms with Crippen molar-refractivity contribution in [3.8, 4) is 17.2 Å². The molecule has 2 N–H and O–H groups in total. The fraction of sp³-hybridized carbons (Fsp3) is 0.273. The van der Waals surface area contributed by atoms with Gasteiger partial charge in [-0.1, -0.05) is 12.1 Å². The van der Waals surface area contributed by atoms with Crippen molar-refractivity contribution >= 4 is 16.2 Å². The number of oxazole rings is 1. The van der Waals surface area contributed by atoms with E-state index in [-0.39, 0.29) is 19.0 Å². The van der Waals surface area contributed by atoms with Crippen molar-refractivity contribution < 1.29 is 40.6 Å². The minimum absolute atomic E-state index is 0.0224. The highest BCUT2D eigenvalue weighted by Gasteiger charge is 2.30. The van der Waals surface area contributed by atoms with Gasteiger partial charge in [0.15, 0.2) is 0 Å². The summed E-state index contributed by atoms with van der Waals surface area (Å²) in [6, 6.07) is 10.8. The van der Waals surface area contributed by atoms with Crippen LogP contribution in [0.2, 0.25) is 0 Å². The van der Waals surface area contributed by atoms with E-state index in [0.29, 0.717) is 28.3 Å². The molecular formula is C22H22F3N3O6S. The SMILES string of the molecule is CNS(=O)(=O)N(CC(=O)O)Cc1ccc(OCc2nc(-c3ccc(C(F)(F)F)cc3)oc2C)cc1. The number of halogens is 3. The number of aliphatic carboxylic acids is 1. The maximum atomic E-state index is 12.7. The molecule has 3 rings (SSSR count). The Balaban J connectivity index is 1.65. The highest BCUT2D eigenvalue weighted by atomic mass is 32.2. The molecule has 0 amide bonds. The Labute approximate surface area is 199 Å². The monoisotopic (exact) mass is 513 g/mol. The molecule has 0 radical (unpaired) electrons. The van der Waals surface area contributed by atoms with Crippen LogP contribution in [0.15, 0.2) is 52.9 Å². The van der Waals surface area contributed by atoms with E-state index < -0.39 is 34.5 Å². The molecule has 1 aromatic heterocycles. The molecule has 188 valence electrons. The van der Waals surface area contributed by atoms with Gasteiger partial charge in [0, 0.05) is 19.2 Å². The third-order valence-corrected chi connectivity index (χ3v) is 6.37. The fourth-order valence-corrected chi connectivity index (χ4v) is 3.90. The molecule has 0 atom stereocenters. The fourth-order valence-electron chi connectivity index (χ4n) is 3.04. The molecule has 35 heavy (non-hydrogen) atoms. The standard InChI is InChI=1S/C22H22F3N3O6S/c1-14-19(27-21(34-14)16-5-7-17(8-6-16)22(23,24)25)13-33-18-9-3-15(4-10-18)11-28(12-20(29)30)35(31,32)26-2/h3-10,26H,11-13H2,1-2H3,(H,29,30). The van der Waals surface area contributed by atoms with Crippen LogP contribution >= 0.6 is 0 Å². The topological polar surface area (TPSA) is 122 Å². The first-order valence-corrected chi connectivity index (χ1v) is 11.6. The van der Waals surface area contributed by atoms with Crippen LogP contribution in [0.4, 0.5) is 13.2 Å². The molecule has 13 heteroatoms. The molecule has 0 fully saturated rings. The first-order chi connectivity index (χ1) is 16.4. The van der Waals surface area contributed by atoms with E-state index >= 15 is 0 Å². The molecule has 0 aliphatic carbocycles. The molecule has 2 aromatic carbocycles. The summed E-state index contributed by atoms with van der Waals surface area (Å²) in [5.74, 6) is -0.247. The average molecular weight is 513 g/mol. The van der Waals surface area contributed by atoms with Gasteiger partial charge >= 0.3 is 12.1 Å². The third kappa shape index (κ3) is 6.81. The van der Waals surface area contributed by atoms with Gasteiger partial charge in [-0.05, 0) is 48.9 Å². The van der Waals surface area contributed by atoms with Crippen molar-refractivity contribution in [2.45, 2.75) is 26.3 Å². The number of carbonyl (C=O) groups is 1. The number of aryl methyl sites for hydroxylation is 1. The summed E-state index contributed by atoms with van der Waals surface area (Å²) in [6.07, 6.45) is -4.44. The number of benzene rings is 2. The van der Waals surface area contributed by atoms with E-state index in [9.17, 15) is 26.4 Å². The van der Waals surface area contributed by atoms with Crippen molar-refractivity contribution in [3.05, 3.63) is 71.1 Å². The van der Waals surface area contributed by atoms with Crippen LogP contribution in [-0.4, -0.2) is 42.4 Å². The van der Waals surface area contributed by atoms with E-state index in [1.165, 1.54) is 19.2 Å². The summed E-state index contributed by atoms with van der Waals surface area (Å²) in [6.45, 7) is 0.818. The normalized spacial score (nSPS) is 12.2. The largest absolute Gasteiger partial charge is 0.487 e. The zero-order valence-electron chi connectivity index (χ0n) is 18.7. The number of ether oxygens (including phenoxy) is 1. The minimum atomic E-state index is -4.44. The highest BCUT2D eigenvalue weighted by Crippen LogP contribution is 2.31. The van der Waals surface area contributed by atoms with Crippen LogP contribution in [-0.2, 0) is 34.3 Å². The number of alkyl halides is 3. The van der Waals surface area contributed by atoms with Gasteiger partial charge in [0.1, 0.15) is 30.4 Å². The predicted octanol–water partition coefficient (Wildman–Crippen LogP) is 3.60. The van der Waals surface area contributed by atoms with E-state index in [1.54, 1.807) is 31.2 Å². The molecule has 3 aromatic rings. The number of nitrogens with one attached hydrogen (secondary N) is 1. The highest BCUT2D eigenvalue weighted by molar-refractivity contribution is 7.87. The number of carboxylic acids is 1. The van der Waals surface area contributed by atoms with Crippen LogP contribution < -0.4 is 9.46 Å². The molecule has 0 spiro atoms. The lowest BCUT2D eigenvalue weighted by atomic mass is 10.1. The number of aromatic nitrogens is 1. The molecule has 0 aliphatic rings. The van der Waals surface area contributed by atoms with Crippen LogP contribution in [0, 0.1) is 6.92 Å². The first kappa shape index (κ1) is 26.2. The first-order valence-electron chi connectivity index (χ1n) is 10.1. The molecule has 0 saturated heterocycles. The molecular weight excluding hydrogens is 491 g/mol. The second-order valence-corrected chi connectivity index (χ2v) is 9.28. The van der Waals surface area contributed by atoms with Gasteiger partial charge in [-0.15, -0.1) is 0 Å². The van der Waals surface area contributed by atoms with Crippen molar-refractivity contribution in [2.24, 2.45) is 0 Å². The van der Waals surface area contributed by atoms with Crippen molar-refractivity contribution in [3.63, 3.8) is 0 Å². The summed E-state index contributed by atoms with van der Waals surface area (Å²) in [5, 5.41) is 8.97. The Morgan fingerprint density at radius 1 is 1.14 bits per heavy atom. The maximum Gasteiger partial charge on any atom is 0.416 e. The Kier molecular flexibility index (Phi) is 7.83. The molecule has 0 bridgehead atoms. The second kappa shape index (κ2) is 10.5. The predicted molar refractivity (Wildman–Crippen MR) is 118 cm³/mol. The summed E-state index contributed by atoms with van der Waals surface area (Å²) in [7, 11) is -2.76. The number of carboxylic acid groups (broad SMARTS) is 1. The van der Waals surface area contributed by atoms with Gasteiger partial charge in [-0.3, -0.25) is 4.79 Å². The lowest BCUT2D eigenvalue weighted by Crippen LogP contribution is -2.41. The van der Waals surface area contributed by atoms with E-state index in [4.69, 9.17) is 14.3 Å². The van der Waals surface area contributed by atoms with Gasteiger partial charge in [0.25, 0.3) is 10.2 Å². The summed E-state index contributed by atoms with van der Waals surface area (Å²) in [5.41, 5.74) is 0.613. The molecule has 1 heterocycles. The summed E-state index contributed by atoms with van der Waals surface area (Å²) < 4.78 is 76.4. The number of rotatable bonds is 10. The smallest absolute Gasteiger partial charge is 0.416 e. The lowest BCUT2D eigenvalue weighted by Gasteiger charge is -2.19. The zero-order valence-corrected chi connectivity index (χ0v) is 19.5. The van der Waals surface area contributed by atoms with Crippen LogP contribution in [0.25, 0.3) is 11.5 Å². The Hall–Kier alpha value is -3.42. The molecule has 0 unspecified atom stereocenters. The van der Waals surface area contributed by atoms with Crippen molar-refractivity contribution in [1.82, 2.24) is 14.0 Å². The Morgan fingerprint density at radius 3 is 2.31 bits per heavy atom. The third-order valence-electron chi connectivity index (χ3n) is 4.92. The zero-order chi connectivity index (χ0) is 25.8. The van der Waals surface area contributed by atoms with Gasteiger partial charge in [-0.2, -0.15) is 25.9 Å². The van der Waals surface area contributed by atoms with Gasteiger partial charge < -0.3 is 14.3 Å². The average Bonchev–Trinajstić information content (AvgIpc) is 3.18. The van der Waals surface area contributed by atoms with Gasteiger partial charge in [-0.25, -0.2) is 9.71 Å². The van der Waals surface area contributed by atoms with Crippen molar-refractivity contribution in [1.29, 1.82) is 0 Å². The quantitative estimate of drug-likeness (QED) is 0.425. The van der Waals surface area contributed by atoms with Gasteiger partial charge in [0.05, 0.1) is 5.56 Å². The van der Waals surface area contributed by atoms with Crippen LogP contribution in [0.3, 0.4) is 0 Å². The Morgan fingerprint density at radius 2 is 1.77 bits per heavy atom. The van der Waals surface area contributed by atoms with E-state index in [1.807, 2.05) is 0 Å². The maximum absolute atomic E-state index is 12.7. The van der Waals surface area contributed by atoms with Gasteiger partial charge in [0.2, 0.25) is 5.89 Å². The molecule has 0 saturated carbocycles. The summed E-state index contributed by atoms with van der Waals surface area (Å²) >= 11 is 0. The number of hydrogen-bond acceptors (Lipinski definition) is 6. The molecule has 0 aliphatic heterocycles. The van der Waals surface area contributed by atoms with Crippen LogP contribution in [0.1, 0.15) is 22.6 Å². The Bertz CT molecular complexity index is 1270. The van der Waals surface area contributed by atoms with Crippen molar-refractivity contribution in [2.75, 3.05) is 13.6 Å². The second-order valence-electron chi connectivity index (χ2n) is 7.40. The van der Waals surface area contributed by atoms with Crippen LogP contribution in [0.5, 0.6) is 5.75 Å². The van der Waals surface area contributed by atoms with E-state index in [2.05, 4.69) is 9.71 Å². The lowest BCUT2D eigenvalue weighted by molar-refractivity contribution is -0.138. The minimum Gasteiger partial charge on any atom is -0.487 e. The molecule has 9 nitrogen and oxygen atoms in total.